The maximum atomic E-state index is 13.1. The molecule has 1 aromatic carbocycles. The van der Waals surface area contributed by atoms with E-state index >= 15 is 0 Å². The SMILES string of the molecule is Cc1cc(C(C)N2Cc3c(ccnc3Cl)C2=O)cnc1Sc1ccc(F)cc1. The van der Waals surface area contributed by atoms with E-state index in [1.165, 1.54) is 23.9 Å². The summed E-state index contributed by atoms with van der Waals surface area (Å²) >= 11 is 7.64. The van der Waals surface area contributed by atoms with Crippen molar-refractivity contribution >= 4 is 29.3 Å². The second kappa shape index (κ2) is 7.53. The van der Waals surface area contributed by atoms with Crippen molar-refractivity contribution in [3.8, 4) is 0 Å². The normalized spacial score (nSPS) is 14.3. The van der Waals surface area contributed by atoms with E-state index in [0.717, 1.165) is 26.6 Å². The molecule has 0 saturated heterocycles. The van der Waals surface area contributed by atoms with Crippen molar-refractivity contribution < 1.29 is 9.18 Å². The molecule has 2 aromatic heterocycles. The minimum atomic E-state index is -0.259. The molecule has 0 radical (unpaired) electrons. The average molecular weight is 414 g/mol. The molecule has 142 valence electrons. The van der Waals surface area contributed by atoms with Gasteiger partial charge in [0, 0.05) is 28.4 Å². The molecule has 4 rings (SSSR count). The van der Waals surface area contributed by atoms with Crippen LogP contribution in [0.2, 0.25) is 5.15 Å². The van der Waals surface area contributed by atoms with Gasteiger partial charge in [-0.1, -0.05) is 23.4 Å². The molecular formula is C21H17ClFN3OS. The van der Waals surface area contributed by atoms with Crippen LogP contribution >= 0.6 is 23.4 Å². The van der Waals surface area contributed by atoms with E-state index in [0.29, 0.717) is 17.3 Å². The van der Waals surface area contributed by atoms with Gasteiger partial charge in [-0.25, -0.2) is 14.4 Å². The topological polar surface area (TPSA) is 46.1 Å². The Morgan fingerprint density at radius 1 is 1.21 bits per heavy atom. The van der Waals surface area contributed by atoms with Crippen molar-refractivity contribution in [2.45, 2.75) is 36.4 Å². The molecule has 1 atom stereocenters. The van der Waals surface area contributed by atoms with Crippen LogP contribution in [0.3, 0.4) is 0 Å². The van der Waals surface area contributed by atoms with E-state index in [1.54, 1.807) is 35.5 Å². The van der Waals surface area contributed by atoms with E-state index in [4.69, 9.17) is 11.6 Å². The predicted octanol–water partition coefficient (Wildman–Crippen LogP) is 5.45. The van der Waals surface area contributed by atoms with Crippen LogP contribution in [0.5, 0.6) is 0 Å². The van der Waals surface area contributed by atoms with Gasteiger partial charge in [-0.3, -0.25) is 4.79 Å². The first-order valence-electron chi connectivity index (χ1n) is 8.78. The number of nitrogens with zero attached hydrogens (tertiary/aromatic N) is 3. The number of aromatic nitrogens is 2. The van der Waals surface area contributed by atoms with Crippen molar-refractivity contribution in [1.29, 1.82) is 0 Å². The largest absolute Gasteiger partial charge is 0.327 e. The number of hydrogen-bond donors (Lipinski definition) is 0. The van der Waals surface area contributed by atoms with Gasteiger partial charge < -0.3 is 4.90 Å². The molecule has 0 spiro atoms. The number of carbonyl (C=O) groups excluding carboxylic acids is 1. The van der Waals surface area contributed by atoms with Gasteiger partial charge in [0.05, 0.1) is 12.6 Å². The van der Waals surface area contributed by atoms with E-state index in [-0.39, 0.29) is 17.8 Å². The molecule has 7 heteroatoms. The molecule has 0 saturated carbocycles. The summed E-state index contributed by atoms with van der Waals surface area (Å²) in [6, 6.07) is 9.94. The van der Waals surface area contributed by atoms with Gasteiger partial charge in [0.15, 0.2) is 0 Å². The van der Waals surface area contributed by atoms with Crippen molar-refractivity contribution in [2.24, 2.45) is 0 Å². The molecule has 1 aliphatic heterocycles. The lowest BCUT2D eigenvalue weighted by Gasteiger charge is -2.25. The molecule has 4 nitrogen and oxygen atoms in total. The molecule has 3 aromatic rings. The smallest absolute Gasteiger partial charge is 0.255 e. The first-order chi connectivity index (χ1) is 13.4. The highest BCUT2D eigenvalue weighted by molar-refractivity contribution is 7.99. The summed E-state index contributed by atoms with van der Waals surface area (Å²) in [5.41, 5.74) is 3.34. The Kier molecular flexibility index (Phi) is 5.08. The van der Waals surface area contributed by atoms with Crippen molar-refractivity contribution in [3.05, 3.63) is 82.0 Å². The van der Waals surface area contributed by atoms with E-state index in [2.05, 4.69) is 9.97 Å². The Hall–Kier alpha value is -2.44. The standard InChI is InChI=1S/C21H17ClFN3OS/c1-12-9-14(10-25-20(12)28-16-5-3-15(23)4-6-16)13(2)26-11-18-17(21(26)27)7-8-24-19(18)22/h3-10,13H,11H2,1-2H3. The van der Waals surface area contributed by atoms with Crippen LogP contribution in [0.15, 0.2) is 58.7 Å². The average Bonchev–Trinajstić information content (AvgIpc) is 3.03. The number of carbonyl (C=O) groups is 1. The van der Waals surface area contributed by atoms with Crippen LogP contribution in [-0.2, 0) is 6.54 Å². The first-order valence-corrected chi connectivity index (χ1v) is 9.98. The molecule has 1 amide bonds. The van der Waals surface area contributed by atoms with Gasteiger partial charge in [0.1, 0.15) is 16.0 Å². The molecular weight excluding hydrogens is 397 g/mol. The maximum Gasteiger partial charge on any atom is 0.255 e. The first kappa shape index (κ1) is 18.9. The van der Waals surface area contributed by atoms with Gasteiger partial charge in [-0.15, -0.1) is 0 Å². The third-order valence-corrected chi connectivity index (χ3v) is 6.31. The Balaban J connectivity index is 1.55. The summed E-state index contributed by atoms with van der Waals surface area (Å²) < 4.78 is 13.1. The number of pyridine rings is 2. The predicted molar refractivity (Wildman–Crippen MR) is 107 cm³/mol. The van der Waals surface area contributed by atoms with Gasteiger partial charge in [0.25, 0.3) is 5.91 Å². The summed E-state index contributed by atoms with van der Waals surface area (Å²) in [6.45, 7) is 4.40. The third-order valence-electron chi connectivity index (χ3n) is 4.85. The second-order valence-electron chi connectivity index (χ2n) is 6.68. The van der Waals surface area contributed by atoms with Crippen LogP contribution in [0.4, 0.5) is 4.39 Å². The lowest BCUT2D eigenvalue weighted by Crippen LogP contribution is -2.27. The van der Waals surface area contributed by atoms with Crippen molar-refractivity contribution in [3.63, 3.8) is 0 Å². The minimum absolute atomic E-state index is 0.0470. The van der Waals surface area contributed by atoms with Crippen LogP contribution in [0, 0.1) is 12.7 Å². The summed E-state index contributed by atoms with van der Waals surface area (Å²) in [5, 5.41) is 1.23. The minimum Gasteiger partial charge on any atom is -0.327 e. The molecule has 0 aliphatic carbocycles. The number of rotatable bonds is 4. The van der Waals surface area contributed by atoms with Gasteiger partial charge in [-0.2, -0.15) is 0 Å². The number of aryl methyl sites for hydroxylation is 1. The van der Waals surface area contributed by atoms with Crippen LogP contribution < -0.4 is 0 Å². The molecule has 0 fully saturated rings. The molecule has 1 unspecified atom stereocenters. The zero-order valence-electron chi connectivity index (χ0n) is 15.3. The maximum absolute atomic E-state index is 13.1. The fourth-order valence-electron chi connectivity index (χ4n) is 3.24. The Bertz CT molecular complexity index is 1060. The lowest BCUT2D eigenvalue weighted by molar-refractivity contribution is 0.0715. The van der Waals surface area contributed by atoms with E-state index < -0.39 is 0 Å². The van der Waals surface area contributed by atoms with Crippen molar-refractivity contribution in [2.75, 3.05) is 0 Å². The highest BCUT2D eigenvalue weighted by Gasteiger charge is 2.33. The number of fused-ring (bicyclic) bond motifs is 1. The lowest BCUT2D eigenvalue weighted by atomic mass is 10.1. The highest BCUT2D eigenvalue weighted by atomic mass is 35.5. The summed E-state index contributed by atoms with van der Waals surface area (Å²) in [7, 11) is 0. The van der Waals surface area contributed by atoms with Gasteiger partial charge >= 0.3 is 0 Å². The Morgan fingerprint density at radius 3 is 2.64 bits per heavy atom. The fourth-order valence-corrected chi connectivity index (χ4v) is 4.28. The summed E-state index contributed by atoms with van der Waals surface area (Å²) in [6.07, 6.45) is 3.35. The van der Waals surface area contributed by atoms with Crippen LogP contribution in [0.1, 0.15) is 40.0 Å². The van der Waals surface area contributed by atoms with Crippen LogP contribution in [-0.4, -0.2) is 20.8 Å². The van der Waals surface area contributed by atoms with Crippen molar-refractivity contribution in [1.82, 2.24) is 14.9 Å². The monoisotopic (exact) mass is 413 g/mol. The second-order valence-corrected chi connectivity index (χ2v) is 8.10. The molecule has 0 bridgehead atoms. The quantitative estimate of drug-likeness (QED) is 0.534. The third kappa shape index (κ3) is 3.50. The Labute approximate surface area is 171 Å². The Morgan fingerprint density at radius 2 is 1.96 bits per heavy atom. The highest BCUT2D eigenvalue weighted by Crippen LogP contribution is 2.35. The number of hydrogen-bond acceptors (Lipinski definition) is 4. The number of amides is 1. The zero-order valence-corrected chi connectivity index (χ0v) is 16.9. The van der Waals surface area contributed by atoms with Gasteiger partial charge in [0.2, 0.25) is 0 Å². The van der Waals surface area contributed by atoms with Gasteiger partial charge in [-0.05, 0) is 61.4 Å². The number of benzene rings is 1. The molecule has 1 aliphatic rings. The number of halogens is 2. The van der Waals surface area contributed by atoms with E-state index in [1.807, 2.05) is 19.9 Å². The molecule has 0 N–H and O–H groups in total. The molecule has 3 heterocycles. The summed E-state index contributed by atoms with van der Waals surface area (Å²) in [5.74, 6) is -0.306. The fraction of sp³-hybridized carbons (Fsp3) is 0.190. The van der Waals surface area contributed by atoms with Crippen LogP contribution in [0.25, 0.3) is 0 Å². The summed E-state index contributed by atoms with van der Waals surface area (Å²) in [4.78, 5) is 24.1. The molecule has 28 heavy (non-hydrogen) atoms. The zero-order chi connectivity index (χ0) is 19.8. The van der Waals surface area contributed by atoms with E-state index in [9.17, 15) is 9.18 Å².